The number of carbonyl (C=O) groups is 2. The Morgan fingerprint density at radius 1 is 1.21 bits per heavy atom. The highest BCUT2D eigenvalue weighted by atomic mass is 19.1. The van der Waals surface area contributed by atoms with Crippen molar-refractivity contribution in [3.05, 3.63) is 30.1 Å². The van der Waals surface area contributed by atoms with Crippen molar-refractivity contribution in [2.75, 3.05) is 13.2 Å². The van der Waals surface area contributed by atoms with E-state index in [9.17, 15) is 14.0 Å². The Balaban J connectivity index is 1.69. The summed E-state index contributed by atoms with van der Waals surface area (Å²) in [6, 6.07) is 5.90. The Bertz CT molecular complexity index is 578. The summed E-state index contributed by atoms with van der Waals surface area (Å²) in [5.41, 5.74) is 0. The van der Waals surface area contributed by atoms with E-state index in [1.54, 1.807) is 6.07 Å². The summed E-state index contributed by atoms with van der Waals surface area (Å²) in [5, 5.41) is 2.92. The van der Waals surface area contributed by atoms with Gasteiger partial charge in [0.2, 0.25) is 0 Å². The van der Waals surface area contributed by atoms with Gasteiger partial charge in [-0.1, -0.05) is 38.8 Å². The van der Waals surface area contributed by atoms with Crippen molar-refractivity contribution in [2.45, 2.75) is 39.2 Å². The fraction of sp³-hybridized carbons (Fsp3) is 0.556. The van der Waals surface area contributed by atoms with Crippen LogP contribution in [0.1, 0.15) is 33.1 Å². The van der Waals surface area contributed by atoms with Gasteiger partial charge in [0.15, 0.2) is 24.8 Å². The Kier molecular flexibility index (Phi) is 6.58. The molecule has 1 N–H and O–H groups in total. The lowest BCUT2D eigenvalue weighted by atomic mass is 9.78. The standard InChI is InChI=1S/C18H24FNO4/c1-12-6-5-8-15(13(12)2)20-17(21)10-24-18(22)11-23-16-9-4-3-7-14(16)19/h3-4,7,9,12-13,15H,5-6,8,10-11H2,1-2H3,(H,20,21)/t12-,13-,15-/m1/s1. The van der Waals surface area contributed by atoms with Crippen LogP contribution in [0.4, 0.5) is 4.39 Å². The zero-order valence-electron chi connectivity index (χ0n) is 14.1. The van der Waals surface area contributed by atoms with Crippen molar-refractivity contribution in [1.29, 1.82) is 0 Å². The highest BCUT2D eigenvalue weighted by Crippen LogP contribution is 2.29. The van der Waals surface area contributed by atoms with E-state index >= 15 is 0 Å². The number of amides is 1. The molecule has 0 aromatic heterocycles. The van der Waals surface area contributed by atoms with Gasteiger partial charge in [-0.2, -0.15) is 0 Å². The Morgan fingerprint density at radius 2 is 1.96 bits per heavy atom. The Hall–Kier alpha value is -2.11. The summed E-state index contributed by atoms with van der Waals surface area (Å²) < 4.78 is 23.2. The van der Waals surface area contributed by atoms with Crippen LogP contribution in [-0.4, -0.2) is 31.1 Å². The predicted molar refractivity (Wildman–Crippen MR) is 87.0 cm³/mol. The van der Waals surface area contributed by atoms with E-state index in [-0.39, 0.29) is 24.3 Å². The molecule has 1 fully saturated rings. The fourth-order valence-electron chi connectivity index (χ4n) is 2.92. The number of para-hydroxylation sites is 1. The third-order valence-electron chi connectivity index (χ3n) is 4.60. The first kappa shape index (κ1) is 18.2. The van der Waals surface area contributed by atoms with Crippen LogP contribution in [0.2, 0.25) is 0 Å². The van der Waals surface area contributed by atoms with E-state index in [0.717, 1.165) is 12.8 Å². The molecular formula is C18H24FNO4. The number of hydrogen-bond acceptors (Lipinski definition) is 4. The zero-order valence-corrected chi connectivity index (χ0v) is 14.1. The zero-order chi connectivity index (χ0) is 17.5. The molecule has 0 unspecified atom stereocenters. The molecule has 0 radical (unpaired) electrons. The molecule has 1 aromatic rings. The molecular weight excluding hydrogens is 313 g/mol. The van der Waals surface area contributed by atoms with Crippen molar-refractivity contribution >= 4 is 11.9 Å². The highest BCUT2D eigenvalue weighted by Gasteiger charge is 2.28. The first-order valence-corrected chi connectivity index (χ1v) is 8.29. The topological polar surface area (TPSA) is 64.6 Å². The average molecular weight is 337 g/mol. The molecule has 3 atom stereocenters. The van der Waals surface area contributed by atoms with Crippen LogP contribution in [0.5, 0.6) is 5.75 Å². The molecule has 0 saturated heterocycles. The summed E-state index contributed by atoms with van der Waals surface area (Å²) in [6.45, 7) is 3.52. The molecule has 24 heavy (non-hydrogen) atoms. The second kappa shape index (κ2) is 8.66. The third kappa shape index (κ3) is 5.22. The van der Waals surface area contributed by atoms with Crippen LogP contribution in [0.15, 0.2) is 24.3 Å². The largest absolute Gasteiger partial charge is 0.479 e. The van der Waals surface area contributed by atoms with Crippen LogP contribution in [0.25, 0.3) is 0 Å². The second-order valence-electron chi connectivity index (χ2n) is 6.32. The van der Waals surface area contributed by atoms with Gasteiger partial charge >= 0.3 is 5.97 Å². The monoisotopic (exact) mass is 337 g/mol. The fourth-order valence-corrected chi connectivity index (χ4v) is 2.92. The molecule has 1 aliphatic rings. The van der Waals surface area contributed by atoms with E-state index in [4.69, 9.17) is 9.47 Å². The first-order valence-electron chi connectivity index (χ1n) is 8.29. The highest BCUT2D eigenvalue weighted by molar-refractivity contribution is 5.81. The number of ether oxygens (including phenoxy) is 2. The first-order chi connectivity index (χ1) is 11.5. The smallest absolute Gasteiger partial charge is 0.344 e. The minimum atomic E-state index is -0.710. The van der Waals surface area contributed by atoms with Gasteiger partial charge in [0, 0.05) is 6.04 Å². The van der Waals surface area contributed by atoms with Gasteiger partial charge in [-0.25, -0.2) is 9.18 Å². The molecule has 1 saturated carbocycles. The van der Waals surface area contributed by atoms with Gasteiger partial charge < -0.3 is 14.8 Å². The Morgan fingerprint density at radius 3 is 2.71 bits per heavy atom. The van der Waals surface area contributed by atoms with Crippen molar-refractivity contribution in [3.8, 4) is 5.75 Å². The number of nitrogens with one attached hydrogen (secondary N) is 1. The molecule has 0 heterocycles. The van der Waals surface area contributed by atoms with E-state index in [1.807, 2.05) is 0 Å². The molecule has 5 nitrogen and oxygen atoms in total. The molecule has 1 aliphatic carbocycles. The number of halogens is 1. The number of hydrogen-bond donors (Lipinski definition) is 1. The molecule has 1 amide bonds. The molecule has 6 heteroatoms. The van der Waals surface area contributed by atoms with Gasteiger partial charge in [-0.15, -0.1) is 0 Å². The van der Waals surface area contributed by atoms with Crippen LogP contribution in [-0.2, 0) is 14.3 Å². The van der Waals surface area contributed by atoms with E-state index in [1.165, 1.54) is 24.6 Å². The summed E-state index contributed by atoms with van der Waals surface area (Å²) in [4.78, 5) is 23.5. The van der Waals surface area contributed by atoms with Crippen molar-refractivity contribution < 1.29 is 23.5 Å². The maximum absolute atomic E-state index is 13.3. The van der Waals surface area contributed by atoms with Crippen molar-refractivity contribution in [1.82, 2.24) is 5.32 Å². The van der Waals surface area contributed by atoms with Crippen LogP contribution in [0.3, 0.4) is 0 Å². The van der Waals surface area contributed by atoms with Crippen molar-refractivity contribution in [2.24, 2.45) is 11.8 Å². The van der Waals surface area contributed by atoms with Crippen LogP contribution < -0.4 is 10.1 Å². The van der Waals surface area contributed by atoms with Gasteiger partial charge in [0.1, 0.15) is 0 Å². The normalized spacial score (nSPS) is 23.4. The van der Waals surface area contributed by atoms with Crippen molar-refractivity contribution in [3.63, 3.8) is 0 Å². The summed E-state index contributed by atoms with van der Waals surface area (Å²) in [7, 11) is 0. The summed E-state index contributed by atoms with van der Waals surface area (Å²) >= 11 is 0. The average Bonchev–Trinajstić information content (AvgIpc) is 2.56. The number of benzene rings is 1. The van der Waals surface area contributed by atoms with Gasteiger partial charge in [-0.05, 0) is 30.4 Å². The molecule has 1 aromatic carbocycles. The van der Waals surface area contributed by atoms with Crippen LogP contribution in [0, 0.1) is 17.7 Å². The summed E-state index contributed by atoms with van der Waals surface area (Å²) in [6.07, 6.45) is 3.21. The second-order valence-corrected chi connectivity index (χ2v) is 6.32. The molecule has 2 rings (SSSR count). The maximum Gasteiger partial charge on any atom is 0.344 e. The van der Waals surface area contributed by atoms with Gasteiger partial charge in [0.05, 0.1) is 0 Å². The number of rotatable bonds is 6. The summed E-state index contributed by atoms with van der Waals surface area (Å²) in [5.74, 6) is -0.630. The number of esters is 1. The van der Waals surface area contributed by atoms with E-state index < -0.39 is 18.4 Å². The predicted octanol–water partition coefficient (Wildman–Crippen LogP) is 2.69. The van der Waals surface area contributed by atoms with Gasteiger partial charge in [0.25, 0.3) is 5.91 Å². The minimum absolute atomic E-state index is 0.0241. The minimum Gasteiger partial charge on any atom is -0.479 e. The van der Waals surface area contributed by atoms with Gasteiger partial charge in [-0.3, -0.25) is 4.79 Å². The molecule has 0 spiro atoms. The number of carbonyl (C=O) groups excluding carboxylic acids is 2. The van der Waals surface area contributed by atoms with Crippen LogP contribution >= 0.6 is 0 Å². The molecule has 0 aliphatic heterocycles. The molecule has 132 valence electrons. The maximum atomic E-state index is 13.3. The van der Waals surface area contributed by atoms with E-state index in [0.29, 0.717) is 11.8 Å². The quantitative estimate of drug-likeness (QED) is 0.811. The van der Waals surface area contributed by atoms with E-state index in [2.05, 4.69) is 19.2 Å². The third-order valence-corrected chi connectivity index (χ3v) is 4.60. The SMILES string of the molecule is C[C@@H]1[C@H](C)CCC[C@H]1NC(=O)COC(=O)COc1ccccc1F. The lowest BCUT2D eigenvalue weighted by Crippen LogP contribution is -2.45. The lowest BCUT2D eigenvalue weighted by molar-refractivity contribution is -0.150. The lowest BCUT2D eigenvalue weighted by Gasteiger charge is -2.34. The molecule has 0 bridgehead atoms. The Labute approximate surface area is 141 Å².